The van der Waals surface area contributed by atoms with Gasteiger partial charge in [0.05, 0.1) is 37.0 Å². The van der Waals surface area contributed by atoms with E-state index in [0.29, 0.717) is 27.4 Å². The van der Waals surface area contributed by atoms with Crippen LogP contribution in [0.1, 0.15) is 28.4 Å². The number of anilines is 1. The molecule has 12 nitrogen and oxygen atoms in total. The Bertz CT molecular complexity index is 2110. The third kappa shape index (κ3) is 6.13. The molecule has 47 heavy (non-hydrogen) atoms. The first kappa shape index (κ1) is 32.7. The van der Waals surface area contributed by atoms with Crippen LogP contribution in [0.15, 0.2) is 102 Å². The van der Waals surface area contributed by atoms with Gasteiger partial charge in [-0.3, -0.25) is 31.1 Å². The van der Waals surface area contributed by atoms with Gasteiger partial charge in [0.15, 0.2) is 0 Å². The number of methoxy groups -OCH3 is 1. The number of pyridine rings is 1. The molecule has 5 rings (SSSR count). The Hall–Kier alpha value is -5.66. The largest absolute Gasteiger partial charge is 0.464 e. The first-order valence-corrected chi connectivity index (χ1v) is 15.9. The predicted octanol–water partition coefficient (Wildman–Crippen LogP) is 4.96. The van der Waals surface area contributed by atoms with Crippen LogP contribution < -0.4 is 11.1 Å². The molecule has 0 bridgehead atoms. The van der Waals surface area contributed by atoms with Crippen molar-refractivity contribution < 1.29 is 32.3 Å². The lowest BCUT2D eigenvalue weighted by atomic mass is 9.98. The molecule has 0 radical (unpaired) electrons. The number of aromatic nitrogens is 1. The highest BCUT2D eigenvalue weighted by Crippen LogP contribution is 2.37. The molecule has 0 fully saturated rings. The molecular formula is C34H31N5O7S. The Labute approximate surface area is 270 Å². The number of benzene rings is 4. The zero-order chi connectivity index (χ0) is 33.8. The number of hydrogen-bond acceptors (Lipinski definition) is 10. The third-order valence-electron chi connectivity index (χ3n) is 7.58. The number of nitrogens with zero attached hydrogens (tertiary/aromatic N) is 2. The van der Waals surface area contributed by atoms with Gasteiger partial charge >= 0.3 is 12.1 Å². The van der Waals surface area contributed by atoms with E-state index in [4.69, 9.17) is 15.9 Å². The molecule has 1 heterocycles. The predicted molar refractivity (Wildman–Crippen MR) is 177 cm³/mol. The van der Waals surface area contributed by atoms with E-state index in [0.717, 1.165) is 6.34 Å². The number of hydrogen-bond donors (Lipinski definition) is 3. The first-order valence-electron chi connectivity index (χ1n) is 14.4. The van der Waals surface area contributed by atoms with Crippen molar-refractivity contribution in [2.24, 2.45) is 5.73 Å². The van der Waals surface area contributed by atoms with Gasteiger partial charge < -0.3 is 9.47 Å². The van der Waals surface area contributed by atoms with Crippen LogP contribution in [0.3, 0.4) is 0 Å². The Balaban J connectivity index is 1.53. The molecule has 0 saturated carbocycles. The molecule has 4 aromatic carbocycles. The molecule has 240 valence electrons. The fourth-order valence-electron chi connectivity index (χ4n) is 5.18. The maximum Gasteiger partial charge on any atom is 0.411 e. The molecule has 0 aliphatic rings. The minimum Gasteiger partial charge on any atom is -0.464 e. The number of para-hydroxylation sites is 1. The fraction of sp³-hybridized carbons (Fsp3) is 0.147. The summed E-state index contributed by atoms with van der Waals surface area (Å²) in [5.74, 6) is -1.66. The number of fused-ring (bicyclic) bond motifs is 2. The molecule has 2 amide bonds. The van der Waals surface area contributed by atoms with E-state index in [1.54, 1.807) is 73.7 Å². The van der Waals surface area contributed by atoms with Crippen molar-refractivity contribution in [2.45, 2.75) is 23.2 Å². The number of ether oxygens (including phenoxy) is 2. The first-order chi connectivity index (χ1) is 22.5. The molecule has 0 saturated heterocycles. The van der Waals surface area contributed by atoms with Crippen LogP contribution in [0, 0.1) is 5.41 Å². The van der Waals surface area contributed by atoms with Crippen molar-refractivity contribution >= 4 is 61.5 Å². The number of esters is 1. The van der Waals surface area contributed by atoms with Crippen LogP contribution in [0.2, 0.25) is 0 Å². The topological polar surface area (TPSA) is 182 Å². The lowest BCUT2D eigenvalue weighted by Crippen LogP contribution is -2.52. The molecule has 1 aromatic heterocycles. The van der Waals surface area contributed by atoms with Crippen LogP contribution in [0.4, 0.5) is 10.5 Å². The van der Waals surface area contributed by atoms with Crippen molar-refractivity contribution in [1.82, 2.24) is 9.88 Å². The molecule has 0 spiro atoms. The monoisotopic (exact) mass is 653 g/mol. The molecule has 1 atom stereocenters. The van der Waals surface area contributed by atoms with Gasteiger partial charge in [0, 0.05) is 22.8 Å². The maximum atomic E-state index is 14.3. The van der Waals surface area contributed by atoms with Crippen LogP contribution in [-0.2, 0) is 35.5 Å². The van der Waals surface area contributed by atoms with Gasteiger partial charge in [0.2, 0.25) is 14.7 Å². The standard InChI is InChI=1S/C34H31N5O7S/c1-3-46-32(41)34(36,47(43,44)29-11-5-7-23-9-6-18-37-30(23)29)25-14-17-27-24(19-25)8-4-10-28(27)31(40)39(21-35)20-22-12-15-26(16-13-22)38-33(42)45-2/h4-19,21,35H,3,20,36H2,1-2H3,(H,38,42). The lowest BCUT2D eigenvalue weighted by Gasteiger charge is -2.28. The number of amides is 2. The van der Waals surface area contributed by atoms with Crippen LogP contribution in [0.5, 0.6) is 0 Å². The molecule has 13 heteroatoms. The molecule has 5 aromatic rings. The van der Waals surface area contributed by atoms with Crippen molar-refractivity contribution in [3.8, 4) is 0 Å². The average molecular weight is 654 g/mol. The van der Waals surface area contributed by atoms with E-state index in [9.17, 15) is 22.8 Å². The van der Waals surface area contributed by atoms with E-state index >= 15 is 0 Å². The second-order valence-corrected chi connectivity index (χ2v) is 12.5. The zero-order valence-corrected chi connectivity index (χ0v) is 26.3. The Kier molecular flexibility index (Phi) is 9.31. The third-order valence-corrected chi connectivity index (χ3v) is 9.74. The Morgan fingerprint density at radius 2 is 1.68 bits per heavy atom. The quantitative estimate of drug-likeness (QED) is 0.107. The second-order valence-electron chi connectivity index (χ2n) is 10.4. The zero-order valence-electron chi connectivity index (χ0n) is 25.5. The van der Waals surface area contributed by atoms with Gasteiger partial charge in [-0.05, 0) is 65.2 Å². The highest BCUT2D eigenvalue weighted by Gasteiger charge is 2.52. The van der Waals surface area contributed by atoms with Gasteiger partial charge in [-0.15, -0.1) is 0 Å². The van der Waals surface area contributed by atoms with Crippen molar-refractivity contribution in [3.05, 3.63) is 114 Å². The van der Waals surface area contributed by atoms with Crippen molar-refractivity contribution in [2.75, 3.05) is 19.0 Å². The summed E-state index contributed by atoms with van der Waals surface area (Å²) in [7, 11) is -3.40. The minimum atomic E-state index is -4.65. The summed E-state index contributed by atoms with van der Waals surface area (Å²) in [6, 6.07) is 23.9. The molecule has 4 N–H and O–H groups in total. The van der Waals surface area contributed by atoms with Crippen LogP contribution in [-0.4, -0.2) is 56.3 Å². The van der Waals surface area contributed by atoms with E-state index in [-0.39, 0.29) is 34.7 Å². The summed E-state index contributed by atoms with van der Waals surface area (Å²) < 4.78 is 38.4. The number of sulfone groups is 1. The molecule has 1 unspecified atom stereocenters. The normalized spacial score (nSPS) is 12.6. The fourth-order valence-corrected chi connectivity index (χ4v) is 6.92. The molecule has 0 aliphatic carbocycles. The Morgan fingerprint density at radius 1 is 0.979 bits per heavy atom. The SMILES string of the molecule is CCOC(=O)C(N)(c1ccc2c(C(=O)N(C=N)Cc3ccc(NC(=O)OC)cc3)cccc2c1)S(=O)(=O)c1cccc2cccnc12. The van der Waals surface area contributed by atoms with E-state index in [2.05, 4.69) is 15.0 Å². The van der Waals surface area contributed by atoms with Gasteiger partial charge in [-0.2, -0.15) is 0 Å². The number of carbonyl (C=O) groups is 3. The summed E-state index contributed by atoms with van der Waals surface area (Å²) in [6.07, 6.45) is 1.74. The molecule has 0 aliphatic heterocycles. The number of nitrogens with two attached hydrogens (primary N) is 1. The Morgan fingerprint density at radius 3 is 2.38 bits per heavy atom. The summed E-state index contributed by atoms with van der Waals surface area (Å²) in [4.78, 5) is 41.2. The second kappa shape index (κ2) is 13.4. The lowest BCUT2D eigenvalue weighted by molar-refractivity contribution is -0.146. The average Bonchev–Trinajstić information content (AvgIpc) is 3.09. The summed E-state index contributed by atoms with van der Waals surface area (Å²) in [6.45, 7) is 1.49. The smallest absolute Gasteiger partial charge is 0.411 e. The highest BCUT2D eigenvalue weighted by atomic mass is 32.2. The van der Waals surface area contributed by atoms with Gasteiger partial charge in [-0.1, -0.05) is 54.6 Å². The van der Waals surface area contributed by atoms with Crippen LogP contribution >= 0.6 is 0 Å². The highest BCUT2D eigenvalue weighted by molar-refractivity contribution is 7.93. The van der Waals surface area contributed by atoms with Gasteiger partial charge in [0.25, 0.3) is 5.91 Å². The van der Waals surface area contributed by atoms with Crippen molar-refractivity contribution in [1.29, 1.82) is 5.41 Å². The van der Waals surface area contributed by atoms with Crippen LogP contribution in [0.25, 0.3) is 21.7 Å². The number of nitrogens with one attached hydrogen (secondary N) is 2. The number of rotatable bonds is 10. The summed E-state index contributed by atoms with van der Waals surface area (Å²) >= 11 is 0. The summed E-state index contributed by atoms with van der Waals surface area (Å²) in [5.41, 5.74) is 8.13. The maximum absolute atomic E-state index is 14.3. The summed E-state index contributed by atoms with van der Waals surface area (Å²) in [5, 5.41) is 11.9. The van der Waals surface area contributed by atoms with E-state index < -0.39 is 32.7 Å². The van der Waals surface area contributed by atoms with Crippen molar-refractivity contribution in [3.63, 3.8) is 0 Å². The van der Waals surface area contributed by atoms with Gasteiger partial charge in [-0.25, -0.2) is 18.0 Å². The van der Waals surface area contributed by atoms with E-state index in [1.807, 2.05) is 0 Å². The minimum absolute atomic E-state index is 0.0569. The molecular weight excluding hydrogens is 622 g/mol. The number of carbonyl (C=O) groups excluding carboxylic acids is 3. The van der Waals surface area contributed by atoms with E-state index in [1.165, 1.54) is 42.5 Å². The van der Waals surface area contributed by atoms with Gasteiger partial charge in [0.1, 0.15) is 0 Å².